The Kier molecular flexibility index (Phi) is 4.26. The van der Waals surface area contributed by atoms with E-state index in [1.54, 1.807) is 19.2 Å². The molecule has 168 valence electrons. The van der Waals surface area contributed by atoms with Gasteiger partial charge in [0, 0.05) is 17.0 Å². The van der Waals surface area contributed by atoms with E-state index in [9.17, 15) is 4.79 Å². The lowest BCUT2D eigenvalue weighted by Crippen LogP contribution is -2.21. The first kappa shape index (κ1) is 20.1. The molecule has 1 aliphatic heterocycles. The fourth-order valence-electron chi connectivity index (χ4n) is 4.93. The quantitative estimate of drug-likeness (QED) is 0.418. The molecule has 2 aromatic heterocycles. The number of amides is 1. The van der Waals surface area contributed by atoms with Gasteiger partial charge >= 0.3 is 0 Å². The summed E-state index contributed by atoms with van der Waals surface area (Å²) >= 11 is 0. The van der Waals surface area contributed by atoms with Gasteiger partial charge in [0.2, 0.25) is 11.8 Å². The minimum atomic E-state index is -0.555. The summed E-state index contributed by atoms with van der Waals surface area (Å²) in [5.74, 6) is 1.78. The average molecular weight is 452 g/mol. The van der Waals surface area contributed by atoms with Gasteiger partial charge in [0.1, 0.15) is 23.2 Å². The second-order valence-corrected chi connectivity index (χ2v) is 8.46. The Morgan fingerprint density at radius 1 is 1.15 bits per heavy atom. The second-order valence-electron chi connectivity index (χ2n) is 8.46. The van der Waals surface area contributed by atoms with Crippen molar-refractivity contribution >= 4 is 34.0 Å². The Bertz CT molecular complexity index is 1520. The van der Waals surface area contributed by atoms with Crippen LogP contribution in [0.5, 0.6) is 11.6 Å². The number of carbonyl (C=O) groups is 1. The van der Waals surface area contributed by atoms with Gasteiger partial charge in [-0.25, -0.2) is 4.98 Å². The number of nitrogens with one attached hydrogen (secondary N) is 3. The molecule has 0 bridgehead atoms. The summed E-state index contributed by atoms with van der Waals surface area (Å²) in [6, 6.07) is 17.2. The van der Waals surface area contributed by atoms with Crippen LogP contribution in [0.4, 0.5) is 17.2 Å². The summed E-state index contributed by atoms with van der Waals surface area (Å²) in [5, 5.41) is 23.7. The molecule has 3 heterocycles. The Morgan fingerprint density at radius 3 is 2.82 bits per heavy atom. The van der Waals surface area contributed by atoms with Crippen molar-refractivity contribution in [1.82, 2.24) is 15.2 Å². The molecule has 1 fully saturated rings. The highest BCUT2D eigenvalue weighted by Crippen LogP contribution is 2.65. The first-order valence-corrected chi connectivity index (χ1v) is 10.8. The molecule has 9 nitrogen and oxygen atoms in total. The van der Waals surface area contributed by atoms with E-state index < -0.39 is 5.41 Å². The zero-order chi connectivity index (χ0) is 23.4. The highest BCUT2D eigenvalue weighted by molar-refractivity contribution is 6.10. The molecule has 1 spiro atoms. The number of methoxy groups -OCH3 is 2. The fraction of sp³-hybridized carbons (Fsp3) is 0.200. The monoisotopic (exact) mass is 452 g/mol. The lowest BCUT2D eigenvalue weighted by molar-refractivity contribution is -0.118. The molecule has 0 unspecified atom stereocenters. The summed E-state index contributed by atoms with van der Waals surface area (Å²) in [6.45, 7) is 0. The van der Waals surface area contributed by atoms with Crippen LogP contribution < -0.4 is 20.1 Å². The van der Waals surface area contributed by atoms with Gasteiger partial charge in [0.15, 0.2) is 5.82 Å². The van der Waals surface area contributed by atoms with Crippen LogP contribution in [0.3, 0.4) is 0 Å². The molecule has 3 N–H and O–H groups in total. The molecule has 34 heavy (non-hydrogen) atoms. The summed E-state index contributed by atoms with van der Waals surface area (Å²) in [6.07, 6.45) is 0.748. The van der Waals surface area contributed by atoms with Crippen LogP contribution in [0, 0.1) is 11.3 Å². The van der Waals surface area contributed by atoms with Crippen molar-refractivity contribution < 1.29 is 14.3 Å². The average Bonchev–Trinajstić information content (AvgIpc) is 3.42. The molecule has 1 aliphatic carbocycles. The molecule has 2 aromatic carbocycles. The van der Waals surface area contributed by atoms with E-state index in [4.69, 9.17) is 14.7 Å². The summed E-state index contributed by atoms with van der Waals surface area (Å²) in [5.41, 5.74) is 4.10. The van der Waals surface area contributed by atoms with E-state index in [1.807, 2.05) is 42.5 Å². The number of fused-ring (bicyclic) bond motifs is 3. The maximum absolute atomic E-state index is 13.0. The number of carbonyl (C=O) groups excluding carboxylic acids is 1. The molecule has 0 radical (unpaired) electrons. The lowest BCUT2D eigenvalue weighted by Gasteiger charge is -2.10. The first-order chi connectivity index (χ1) is 16.6. The van der Waals surface area contributed by atoms with Gasteiger partial charge < -0.3 is 20.1 Å². The van der Waals surface area contributed by atoms with Gasteiger partial charge in [0.25, 0.3) is 0 Å². The van der Waals surface area contributed by atoms with Crippen LogP contribution in [0.1, 0.15) is 29.2 Å². The van der Waals surface area contributed by atoms with Gasteiger partial charge in [-0.05, 0) is 60.0 Å². The molecule has 2 atom stereocenters. The molecule has 1 amide bonds. The number of nitrogens with zero attached hydrogens (tertiary/aromatic N) is 3. The van der Waals surface area contributed by atoms with E-state index in [1.165, 1.54) is 7.11 Å². The number of benzene rings is 2. The van der Waals surface area contributed by atoms with Crippen molar-refractivity contribution in [3.05, 3.63) is 65.4 Å². The van der Waals surface area contributed by atoms with Gasteiger partial charge in [-0.2, -0.15) is 10.4 Å². The standard InChI is InChI=1S/C25H20N6O3/c1-33-15-5-8-19-17(10-15)25(24(32)29-19)11-18(25)13-3-6-16-21(9-13)30-31-22(16)28-20-7-4-14(12-26)27-23(20)34-2/h3-10,18H,11H2,1-2H3,(H,29,32)(H2,28,30,31)/t18-,25-/m0/s1. The topological polar surface area (TPSA) is 125 Å². The molecule has 0 saturated heterocycles. The third kappa shape index (κ3) is 2.82. The number of aromatic amines is 1. The molecule has 1 saturated carbocycles. The van der Waals surface area contributed by atoms with Crippen molar-refractivity contribution in [2.24, 2.45) is 0 Å². The predicted octanol–water partition coefficient (Wildman–Crippen LogP) is 3.97. The highest BCUT2D eigenvalue weighted by atomic mass is 16.5. The third-order valence-electron chi connectivity index (χ3n) is 6.73. The minimum absolute atomic E-state index is 0.0354. The fourth-order valence-corrected chi connectivity index (χ4v) is 4.93. The minimum Gasteiger partial charge on any atom is -0.497 e. The second kappa shape index (κ2) is 7.22. The molecule has 9 heteroatoms. The number of rotatable bonds is 5. The zero-order valence-corrected chi connectivity index (χ0v) is 18.5. The van der Waals surface area contributed by atoms with E-state index in [0.717, 1.165) is 39.9 Å². The number of ether oxygens (including phenoxy) is 2. The van der Waals surface area contributed by atoms with Crippen LogP contribution in [0.25, 0.3) is 10.9 Å². The first-order valence-electron chi connectivity index (χ1n) is 10.8. The number of H-pyrrole nitrogens is 1. The van der Waals surface area contributed by atoms with Crippen molar-refractivity contribution in [3.63, 3.8) is 0 Å². The van der Waals surface area contributed by atoms with Crippen LogP contribution >= 0.6 is 0 Å². The van der Waals surface area contributed by atoms with E-state index in [-0.39, 0.29) is 17.5 Å². The van der Waals surface area contributed by atoms with E-state index >= 15 is 0 Å². The van der Waals surface area contributed by atoms with Crippen molar-refractivity contribution in [1.29, 1.82) is 5.26 Å². The third-order valence-corrected chi connectivity index (χ3v) is 6.73. The normalized spacial score (nSPS) is 20.0. The van der Waals surface area contributed by atoms with E-state index in [2.05, 4.69) is 25.8 Å². The number of nitriles is 1. The smallest absolute Gasteiger partial charge is 0.238 e. The van der Waals surface area contributed by atoms with Crippen LogP contribution in [0.2, 0.25) is 0 Å². The maximum Gasteiger partial charge on any atom is 0.238 e. The molecular weight excluding hydrogens is 432 g/mol. The Hall–Kier alpha value is -4.58. The van der Waals surface area contributed by atoms with Crippen LogP contribution in [-0.2, 0) is 10.2 Å². The number of pyridine rings is 1. The maximum atomic E-state index is 13.0. The van der Waals surface area contributed by atoms with Crippen molar-refractivity contribution in [3.8, 4) is 17.7 Å². The van der Waals surface area contributed by atoms with Gasteiger partial charge in [-0.15, -0.1) is 0 Å². The highest BCUT2D eigenvalue weighted by Gasteiger charge is 2.65. The lowest BCUT2D eigenvalue weighted by atomic mass is 9.91. The summed E-state index contributed by atoms with van der Waals surface area (Å²) in [4.78, 5) is 17.1. The number of aromatic nitrogens is 3. The molecule has 6 rings (SSSR count). The summed E-state index contributed by atoms with van der Waals surface area (Å²) < 4.78 is 10.7. The Morgan fingerprint density at radius 2 is 2.03 bits per heavy atom. The number of hydrogen-bond acceptors (Lipinski definition) is 7. The Balaban J connectivity index is 1.31. The summed E-state index contributed by atoms with van der Waals surface area (Å²) in [7, 11) is 3.13. The zero-order valence-electron chi connectivity index (χ0n) is 18.5. The van der Waals surface area contributed by atoms with Crippen molar-refractivity contribution in [2.45, 2.75) is 17.8 Å². The van der Waals surface area contributed by atoms with Gasteiger partial charge in [0.05, 0.1) is 25.2 Å². The number of hydrogen-bond donors (Lipinski definition) is 3. The SMILES string of the molecule is COc1ccc2c(c1)[C@]1(C[C@H]1c1ccc3c(Nc4ccc(C#N)nc4OC)n[nH]c3c1)C(=O)N2. The van der Waals surface area contributed by atoms with Crippen molar-refractivity contribution in [2.75, 3.05) is 24.9 Å². The molecule has 2 aliphatic rings. The Labute approximate surface area is 194 Å². The van der Waals surface area contributed by atoms with Gasteiger partial charge in [-0.3, -0.25) is 9.89 Å². The predicted molar refractivity (Wildman–Crippen MR) is 126 cm³/mol. The molecular formula is C25H20N6O3. The van der Waals surface area contributed by atoms with Gasteiger partial charge in [-0.1, -0.05) is 6.07 Å². The van der Waals surface area contributed by atoms with E-state index in [0.29, 0.717) is 17.4 Å². The number of anilines is 3. The largest absolute Gasteiger partial charge is 0.497 e. The van der Waals surface area contributed by atoms with Crippen LogP contribution in [-0.4, -0.2) is 35.3 Å². The molecule has 4 aromatic rings. The van der Waals surface area contributed by atoms with Crippen LogP contribution in [0.15, 0.2) is 48.5 Å².